The number of hydrogen-bond donors (Lipinski definition) is 0. The highest BCUT2D eigenvalue weighted by molar-refractivity contribution is 6.30. The van der Waals surface area contributed by atoms with Crippen LogP contribution in [0.2, 0.25) is 5.02 Å². The second-order valence-electron chi connectivity index (χ2n) is 3.91. The lowest BCUT2D eigenvalue weighted by molar-refractivity contribution is 0.742. The molecule has 2 rings (SSSR count). The van der Waals surface area contributed by atoms with Gasteiger partial charge in [-0.3, -0.25) is 0 Å². The van der Waals surface area contributed by atoms with E-state index in [1.54, 1.807) is 0 Å². The van der Waals surface area contributed by atoms with Crippen LogP contribution in [0.1, 0.15) is 18.2 Å². The molecule has 1 aromatic heterocycles. The maximum Gasteiger partial charge on any atom is 0.102 e. The molecule has 0 saturated carbocycles. The van der Waals surface area contributed by atoms with E-state index in [4.69, 9.17) is 11.6 Å². The van der Waals surface area contributed by atoms with Crippen molar-refractivity contribution in [1.82, 2.24) is 4.57 Å². The molecule has 0 spiro atoms. The van der Waals surface area contributed by atoms with E-state index < -0.39 is 0 Å². The van der Waals surface area contributed by atoms with Crippen LogP contribution >= 0.6 is 11.6 Å². The summed E-state index contributed by atoms with van der Waals surface area (Å²) in [4.78, 5) is 0. The van der Waals surface area contributed by atoms with Crippen LogP contribution in [0.3, 0.4) is 0 Å². The summed E-state index contributed by atoms with van der Waals surface area (Å²) in [6.45, 7) is 4.91. The molecule has 0 aliphatic carbocycles. The zero-order chi connectivity index (χ0) is 12.4. The molecule has 17 heavy (non-hydrogen) atoms. The summed E-state index contributed by atoms with van der Waals surface area (Å²) in [5, 5.41) is 9.94. The quantitative estimate of drug-likeness (QED) is 0.785. The van der Waals surface area contributed by atoms with E-state index in [0.29, 0.717) is 5.02 Å². The molecule has 1 aromatic carbocycles. The maximum absolute atomic E-state index is 9.23. The lowest BCUT2D eigenvalue weighted by Crippen LogP contribution is -1.94. The lowest BCUT2D eigenvalue weighted by Gasteiger charge is -1.98. The first-order valence-electron chi connectivity index (χ1n) is 5.53. The first kappa shape index (κ1) is 11.8. The molecule has 0 aliphatic rings. The minimum absolute atomic E-state index is 0.707. The van der Waals surface area contributed by atoms with Crippen LogP contribution in [0.25, 0.3) is 11.1 Å². The molecule has 0 atom stereocenters. The Labute approximate surface area is 106 Å². The van der Waals surface area contributed by atoms with Crippen molar-refractivity contribution in [1.29, 1.82) is 5.26 Å². The standard InChI is InChI=1S/C14H13ClN2/c1-3-17-9-14(13(8-16)10(17)2)11-4-6-12(15)7-5-11/h4-7,9H,3H2,1-2H3. The van der Waals surface area contributed by atoms with Crippen molar-refractivity contribution in [2.24, 2.45) is 0 Å². The highest BCUT2D eigenvalue weighted by atomic mass is 35.5. The molecule has 3 heteroatoms. The molecule has 86 valence electrons. The third kappa shape index (κ3) is 2.07. The van der Waals surface area contributed by atoms with Crippen LogP contribution in [-0.2, 0) is 6.54 Å². The van der Waals surface area contributed by atoms with Crippen LogP contribution < -0.4 is 0 Å². The average Bonchev–Trinajstić information content (AvgIpc) is 2.66. The average molecular weight is 245 g/mol. The van der Waals surface area contributed by atoms with Crippen molar-refractivity contribution in [3.8, 4) is 17.2 Å². The number of nitrogens with zero attached hydrogens (tertiary/aromatic N) is 2. The minimum atomic E-state index is 0.707. The first-order valence-corrected chi connectivity index (χ1v) is 5.91. The van der Waals surface area contributed by atoms with Gasteiger partial charge in [0.2, 0.25) is 0 Å². The van der Waals surface area contributed by atoms with E-state index in [0.717, 1.165) is 28.9 Å². The van der Waals surface area contributed by atoms with Gasteiger partial charge in [-0.05, 0) is 31.5 Å². The Morgan fingerprint density at radius 3 is 2.47 bits per heavy atom. The summed E-state index contributed by atoms with van der Waals surface area (Å²) < 4.78 is 2.09. The fourth-order valence-corrected chi connectivity index (χ4v) is 2.10. The number of aryl methyl sites for hydroxylation is 1. The van der Waals surface area contributed by atoms with E-state index in [1.807, 2.05) is 37.4 Å². The van der Waals surface area contributed by atoms with Crippen LogP contribution in [0.15, 0.2) is 30.5 Å². The molecule has 0 unspecified atom stereocenters. The Morgan fingerprint density at radius 2 is 1.94 bits per heavy atom. The highest BCUT2D eigenvalue weighted by Crippen LogP contribution is 2.28. The number of rotatable bonds is 2. The van der Waals surface area contributed by atoms with Gasteiger partial charge < -0.3 is 4.57 Å². The third-order valence-corrected chi connectivity index (χ3v) is 3.21. The maximum atomic E-state index is 9.23. The fourth-order valence-electron chi connectivity index (χ4n) is 1.97. The highest BCUT2D eigenvalue weighted by Gasteiger charge is 2.12. The summed E-state index contributed by atoms with van der Waals surface area (Å²) in [5.41, 5.74) is 3.76. The van der Waals surface area contributed by atoms with Gasteiger partial charge in [0.05, 0.1) is 5.56 Å². The predicted molar refractivity (Wildman–Crippen MR) is 70.0 cm³/mol. The van der Waals surface area contributed by atoms with Gasteiger partial charge in [-0.2, -0.15) is 5.26 Å². The molecule has 2 nitrogen and oxygen atoms in total. The topological polar surface area (TPSA) is 28.7 Å². The second-order valence-corrected chi connectivity index (χ2v) is 4.34. The summed E-state index contributed by atoms with van der Waals surface area (Å²) >= 11 is 5.87. The van der Waals surface area contributed by atoms with Crippen LogP contribution in [0.5, 0.6) is 0 Å². The Morgan fingerprint density at radius 1 is 1.29 bits per heavy atom. The molecule has 0 radical (unpaired) electrons. The molecule has 0 aliphatic heterocycles. The fraction of sp³-hybridized carbons (Fsp3) is 0.214. The van der Waals surface area contributed by atoms with Crippen molar-refractivity contribution in [2.45, 2.75) is 20.4 Å². The van der Waals surface area contributed by atoms with Crippen molar-refractivity contribution >= 4 is 11.6 Å². The van der Waals surface area contributed by atoms with Crippen LogP contribution in [0.4, 0.5) is 0 Å². The predicted octanol–water partition coefficient (Wildman–Crippen LogP) is 4.01. The molecule has 0 amide bonds. The van der Waals surface area contributed by atoms with Gasteiger partial charge >= 0.3 is 0 Å². The first-order chi connectivity index (χ1) is 8.17. The van der Waals surface area contributed by atoms with Gasteiger partial charge in [0, 0.05) is 29.0 Å². The number of halogens is 1. The monoisotopic (exact) mass is 244 g/mol. The minimum Gasteiger partial charge on any atom is -0.350 e. The number of hydrogen-bond acceptors (Lipinski definition) is 1. The van der Waals surface area contributed by atoms with E-state index in [2.05, 4.69) is 17.6 Å². The van der Waals surface area contributed by atoms with Gasteiger partial charge in [-0.25, -0.2) is 0 Å². The van der Waals surface area contributed by atoms with Gasteiger partial charge in [-0.15, -0.1) is 0 Å². The van der Waals surface area contributed by atoms with Crippen LogP contribution in [0, 0.1) is 18.3 Å². The summed E-state index contributed by atoms with van der Waals surface area (Å²) in [6.07, 6.45) is 2.02. The van der Waals surface area contributed by atoms with E-state index in [1.165, 1.54) is 0 Å². The van der Waals surface area contributed by atoms with Crippen molar-refractivity contribution in [2.75, 3.05) is 0 Å². The molecule has 1 heterocycles. The molecular weight excluding hydrogens is 232 g/mol. The summed E-state index contributed by atoms with van der Waals surface area (Å²) in [6, 6.07) is 9.85. The van der Waals surface area contributed by atoms with Crippen molar-refractivity contribution in [3.05, 3.63) is 46.7 Å². The largest absolute Gasteiger partial charge is 0.350 e. The van der Waals surface area contributed by atoms with Crippen molar-refractivity contribution < 1.29 is 0 Å². The third-order valence-electron chi connectivity index (χ3n) is 2.95. The summed E-state index contributed by atoms with van der Waals surface area (Å²) in [5.74, 6) is 0. The van der Waals surface area contributed by atoms with Gasteiger partial charge in [-0.1, -0.05) is 23.7 Å². The normalized spacial score (nSPS) is 10.2. The number of nitriles is 1. The van der Waals surface area contributed by atoms with Crippen molar-refractivity contribution in [3.63, 3.8) is 0 Å². The zero-order valence-electron chi connectivity index (χ0n) is 9.87. The smallest absolute Gasteiger partial charge is 0.102 e. The second kappa shape index (κ2) is 4.65. The molecule has 0 N–H and O–H groups in total. The summed E-state index contributed by atoms with van der Waals surface area (Å²) in [7, 11) is 0. The Bertz CT molecular complexity index is 574. The number of aromatic nitrogens is 1. The zero-order valence-corrected chi connectivity index (χ0v) is 10.6. The molecule has 0 saturated heterocycles. The Kier molecular flexibility index (Phi) is 3.21. The van der Waals surface area contributed by atoms with Gasteiger partial charge in [0.15, 0.2) is 0 Å². The molecule has 2 aromatic rings. The van der Waals surface area contributed by atoms with Crippen LogP contribution in [-0.4, -0.2) is 4.57 Å². The van der Waals surface area contributed by atoms with Gasteiger partial charge in [0.1, 0.15) is 6.07 Å². The molecule has 0 fully saturated rings. The molecular formula is C14H13ClN2. The lowest BCUT2D eigenvalue weighted by atomic mass is 10.0. The SMILES string of the molecule is CCn1cc(-c2ccc(Cl)cc2)c(C#N)c1C. The Balaban J connectivity index is 2.59. The molecule has 0 bridgehead atoms. The van der Waals surface area contributed by atoms with E-state index in [9.17, 15) is 5.26 Å². The van der Waals surface area contributed by atoms with E-state index in [-0.39, 0.29) is 0 Å². The number of benzene rings is 1. The van der Waals surface area contributed by atoms with Gasteiger partial charge in [0.25, 0.3) is 0 Å². The Hall–Kier alpha value is -1.72. The van der Waals surface area contributed by atoms with E-state index >= 15 is 0 Å².